The molecule has 0 bridgehead atoms. The highest BCUT2D eigenvalue weighted by atomic mass is 16.5. The molecule has 0 N–H and O–H groups in total. The summed E-state index contributed by atoms with van der Waals surface area (Å²) in [5.41, 5.74) is 2.99. The summed E-state index contributed by atoms with van der Waals surface area (Å²) in [4.78, 5) is 0. The van der Waals surface area contributed by atoms with Crippen molar-refractivity contribution in [1.29, 1.82) is 0 Å². The molecule has 0 aliphatic heterocycles. The van der Waals surface area contributed by atoms with Crippen molar-refractivity contribution in [2.45, 2.75) is 45.6 Å². The molecule has 0 heterocycles. The lowest BCUT2D eigenvalue weighted by Gasteiger charge is -2.11. The first kappa shape index (κ1) is 12.3. The molecule has 0 fully saturated rings. The first-order valence-corrected chi connectivity index (χ1v) is 5.99. The van der Waals surface area contributed by atoms with Gasteiger partial charge in [-0.05, 0) is 36.8 Å². The summed E-state index contributed by atoms with van der Waals surface area (Å²) in [6.07, 6.45) is 5.20. The Hall–Kier alpha value is -0.820. The fourth-order valence-corrected chi connectivity index (χ4v) is 2.07. The van der Waals surface area contributed by atoms with Crippen LogP contribution in [0.2, 0.25) is 0 Å². The fraction of sp³-hybridized carbons (Fsp3) is 0.571. The molecule has 1 unspecified atom stereocenters. The zero-order valence-electron chi connectivity index (χ0n) is 10.1. The van der Waals surface area contributed by atoms with Crippen molar-refractivity contribution in [3.05, 3.63) is 35.4 Å². The van der Waals surface area contributed by atoms with Crippen LogP contribution < -0.4 is 0 Å². The van der Waals surface area contributed by atoms with E-state index in [1.807, 2.05) is 21.0 Å². The molecule has 0 aromatic heterocycles. The van der Waals surface area contributed by atoms with Crippen LogP contribution in [0.15, 0.2) is 24.3 Å². The second kappa shape index (κ2) is 6.62. The van der Waals surface area contributed by atoms with Gasteiger partial charge in [-0.3, -0.25) is 0 Å². The van der Waals surface area contributed by atoms with E-state index in [0.29, 0.717) is 6.10 Å². The van der Waals surface area contributed by atoms with Gasteiger partial charge in [-0.1, -0.05) is 38.1 Å². The molecule has 84 valence electrons. The van der Waals surface area contributed by atoms with E-state index >= 15 is 0 Å². The predicted molar refractivity (Wildman–Crippen MR) is 65.2 cm³/mol. The molecule has 1 aromatic rings. The van der Waals surface area contributed by atoms with Gasteiger partial charge in [-0.25, -0.2) is 0 Å². The van der Waals surface area contributed by atoms with Crippen molar-refractivity contribution in [2.24, 2.45) is 0 Å². The smallest absolute Gasteiger partial charge is 0.0611 e. The zero-order chi connectivity index (χ0) is 11.1. The van der Waals surface area contributed by atoms with Crippen LogP contribution in [0, 0.1) is 0 Å². The summed E-state index contributed by atoms with van der Waals surface area (Å²) in [6, 6.07) is 8.73. The van der Waals surface area contributed by atoms with Gasteiger partial charge >= 0.3 is 0 Å². The van der Waals surface area contributed by atoms with E-state index in [4.69, 9.17) is 4.74 Å². The summed E-state index contributed by atoms with van der Waals surface area (Å²) in [6.45, 7) is 4.00. The SMILES string of the molecule is CC.COC1CCCc2ccccc2C1. The number of rotatable bonds is 1. The lowest BCUT2D eigenvalue weighted by molar-refractivity contribution is 0.0960. The maximum Gasteiger partial charge on any atom is 0.0611 e. The van der Waals surface area contributed by atoms with E-state index in [9.17, 15) is 0 Å². The summed E-state index contributed by atoms with van der Waals surface area (Å²) < 4.78 is 5.43. The number of hydrogen-bond acceptors (Lipinski definition) is 1. The van der Waals surface area contributed by atoms with Crippen molar-refractivity contribution in [2.75, 3.05) is 7.11 Å². The van der Waals surface area contributed by atoms with Gasteiger partial charge in [0.1, 0.15) is 0 Å². The Morgan fingerprint density at radius 1 is 1.13 bits per heavy atom. The van der Waals surface area contributed by atoms with Crippen LogP contribution in [-0.2, 0) is 17.6 Å². The molecule has 1 aromatic carbocycles. The summed E-state index contributed by atoms with van der Waals surface area (Å²) in [5, 5.41) is 0. The maximum atomic E-state index is 5.43. The molecule has 15 heavy (non-hydrogen) atoms. The average molecular weight is 206 g/mol. The normalized spacial score (nSPS) is 19.5. The van der Waals surface area contributed by atoms with Gasteiger partial charge in [0.2, 0.25) is 0 Å². The second-order valence-corrected chi connectivity index (χ2v) is 3.72. The number of fused-ring (bicyclic) bond motifs is 1. The average Bonchev–Trinajstić information content (AvgIpc) is 2.53. The van der Waals surface area contributed by atoms with Gasteiger partial charge in [0, 0.05) is 7.11 Å². The Morgan fingerprint density at radius 3 is 2.47 bits per heavy atom. The molecular weight excluding hydrogens is 184 g/mol. The van der Waals surface area contributed by atoms with Gasteiger partial charge < -0.3 is 4.74 Å². The van der Waals surface area contributed by atoms with E-state index in [1.54, 1.807) is 0 Å². The van der Waals surface area contributed by atoms with Crippen LogP contribution in [0.5, 0.6) is 0 Å². The highest BCUT2D eigenvalue weighted by Gasteiger charge is 2.14. The van der Waals surface area contributed by atoms with Crippen molar-refractivity contribution < 1.29 is 4.74 Å². The van der Waals surface area contributed by atoms with Crippen molar-refractivity contribution >= 4 is 0 Å². The van der Waals surface area contributed by atoms with Gasteiger partial charge in [-0.2, -0.15) is 0 Å². The van der Waals surface area contributed by atoms with Gasteiger partial charge in [0.05, 0.1) is 6.10 Å². The third-order valence-electron chi connectivity index (χ3n) is 2.87. The van der Waals surface area contributed by atoms with Crippen LogP contribution in [0.3, 0.4) is 0 Å². The first-order valence-electron chi connectivity index (χ1n) is 5.99. The van der Waals surface area contributed by atoms with Gasteiger partial charge in [0.15, 0.2) is 0 Å². The van der Waals surface area contributed by atoms with Crippen LogP contribution in [-0.4, -0.2) is 13.2 Å². The van der Waals surface area contributed by atoms with Gasteiger partial charge in [0.25, 0.3) is 0 Å². The second-order valence-electron chi connectivity index (χ2n) is 3.72. The van der Waals surface area contributed by atoms with Crippen molar-refractivity contribution in [3.63, 3.8) is 0 Å². The fourth-order valence-electron chi connectivity index (χ4n) is 2.07. The van der Waals surface area contributed by atoms with Crippen LogP contribution in [0.25, 0.3) is 0 Å². The number of benzene rings is 1. The topological polar surface area (TPSA) is 9.23 Å². The van der Waals surface area contributed by atoms with E-state index < -0.39 is 0 Å². The van der Waals surface area contributed by atoms with Gasteiger partial charge in [-0.15, -0.1) is 0 Å². The van der Waals surface area contributed by atoms with E-state index in [2.05, 4.69) is 24.3 Å². The van der Waals surface area contributed by atoms with Crippen LogP contribution in [0.4, 0.5) is 0 Å². The van der Waals surface area contributed by atoms with Crippen molar-refractivity contribution in [3.8, 4) is 0 Å². The Labute approximate surface area is 93.5 Å². The number of hydrogen-bond donors (Lipinski definition) is 0. The molecule has 0 spiro atoms. The molecule has 0 saturated carbocycles. The first-order chi connectivity index (χ1) is 7.40. The van der Waals surface area contributed by atoms with E-state index in [0.717, 1.165) is 6.42 Å². The monoisotopic (exact) mass is 206 g/mol. The Kier molecular flexibility index (Phi) is 5.41. The molecule has 1 nitrogen and oxygen atoms in total. The minimum absolute atomic E-state index is 0.434. The third-order valence-corrected chi connectivity index (χ3v) is 2.87. The highest BCUT2D eigenvalue weighted by Crippen LogP contribution is 2.21. The molecule has 1 heteroatoms. The molecule has 1 aliphatic rings. The van der Waals surface area contributed by atoms with E-state index in [1.165, 1.54) is 30.4 Å². The highest BCUT2D eigenvalue weighted by molar-refractivity contribution is 5.28. The lowest BCUT2D eigenvalue weighted by Crippen LogP contribution is -2.12. The number of aryl methyl sites for hydroxylation is 1. The number of ether oxygens (including phenoxy) is 1. The molecule has 2 rings (SSSR count). The van der Waals surface area contributed by atoms with Crippen LogP contribution in [0.1, 0.15) is 37.8 Å². The Balaban J connectivity index is 0.000000531. The summed E-state index contributed by atoms with van der Waals surface area (Å²) >= 11 is 0. The largest absolute Gasteiger partial charge is 0.381 e. The minimum Gasteiger partial charge on any atom is -0.381 e. The Bertz CT molecular complexity index is 280. The maximum absolute atomic E-state index is 5.43. The number of methoxy groups -OCH3 is 1. The zero-order valence-corrected chi connectivity index (χ0v) is 10.1. The minimum atomic E-state index is 0.434. The molecule has 1 atom stereocenters. The Morgan fingerprint density at radius 2 is 1.80 bits per heavy atom. The van der Waals surface area contributed by atoms with E-state index in [-0.39, 0.29) is 0 Å². The molecule has 0 radical (unpaired) electrons. The lowest BCUT2D eigenvalue weighted by atomic mass is 10.0. The standard InChI is InChI=1S/C12H16O.C2H6/c1-13-12-8-4-7-10-5-2-3-6-11(10)9-12;1-2/h2-3,5-6,12H,4,7-9H2,1H3;1-2H3. The van der Waals surface area contributed by atoms with Crippen molar-refractivity contribution in [1.82, 2.24) is 0 Å². The molecular formula is C14H22O. The van der Waals surface area contributed by atoms with Crippen LogP contribution >= 0.6 is 0 Å². The third kappa shape index (κ3) is 3.35. The molecule has 1 aliphatic carbocycles. The predicted octanol–water partition coefficient (Wildman–Crippen LogP) is 3.61. The summed E-state index contributed by atoms with van der Waals surface area (Å²) in [7, 11) is 1.82. The summed E-state index contributed by atoms with van der Waals surface area (Å²) in [5.74, 6) is 0. The quantitative estimate of drug-likeness (QED) is 0.638. The molecule has 0 amide bonds. The molecule has 0 saturated heterocycles.